The smallest absolute Gasteiger partial charge is 0.261 e. The molecule has 2 aromatic rings. The summed E-state index contributed by atoms with van der Waals surface area (Å²) in [6.07, 6.45) is 0.144. The van der Waals surface area contributed by atoms with Crippen LogP contribution in [0.2, 0.25) is 0 Å². The number of aryl methyl sites for hydroxylation is 2. The summed E-state index contributed by atoms with van der Waals surface area (Å²) in [6, 6.07) is 15.9. The van der Waals surface area contributed by atoms with Gasteiger partial charge < -0.3 is 10.1 Å². The Morgan fingerprint density at radius 3 is 2.04 bits per heavy atom. The van der Waals surface area contributed by atoms with Crippen molar-refractivity contribution in [2.45, 2.75) is 46.3 Å². The van der Waals surface area contributed by atoms with E-state index in [1.165, 1.54) is 11.1 Å². The zero-order valence-corrected chi connectivity index (χ0v) is 14.3. The van der Waals surface area contributed by atoms with Crippen molar-refractivity contribution in [3.63, 3.8) is 0 Å². The summed E-state index contributed by atoms with van der Waals surface area (Å²) in [6.45, 7) is 8.02. The molecule has 0 fully saturated rings. The summed E-state index contributed by atoms with van der Waals surface area (Å²) in [5, 5.41) is 3.03. The van der Waals surface area contributed by atoms with Crippen LogP contribution in [0.1, 0.15) is 43.0 Å². The topological polar surface area (TPSA) is 38.3 Å². The molecule has 1 amide bonds. The van der Waals surface area contributed by atoms with Gasteiger partial charge in [-0.25, -0.2) is 0 Å². The summed E-state index contributed by atoms with van der Waals surface area (Å²) in [7, 11) is 0. The number of ether oxygens (including phenoxy) is 1. The van der Waals surface area contributed by atoms with Crippen LogP contribution >= 0.6 is 0 Å². The highest BCUT2D eigenvalue weighted by atomic mass is 16.5. The minimum Gasteiger partial charge on any atom is -0.481 e. The standard InChI is InChI=1S/C20H25NO2/c1-5-19(23-18-12-8-15(3)9-13-18)20(22)21-16(4)17-10-6-14(2)7-11-17/h6-13,16,19H,5H2,1-4H3,(H,21,22)/t16-,19+/m1/s1. The second kappa shape index (κ2) is 7.82. The number of carbonyl (C=O) groups is 1. The average molecular weight is 311 g/mol. The SMILES string of the molecule is CC[C@H](Oc1ccc(C)cc1)C(=O)N[C@H](C)c1ccc(C)cc1. The van der Waals surface area contributed by atoms with E-state index in [0.29, 0.717) is 6.42 Å². The second-order valence-corrected chi connectivity index (χ2v) is 5.97. The van der Waals surface area contributed by atoms with Gasteiger partial charge in [0.05, 0.1) is 6.04 Å². The highest BCUT2D eigenvalue weighted by Gasteiger charge is 2.20. The van der Waals surface area contributed by atoms with Gasteiger partial charge in [0.2, 0.25) is 0 Å². The molecule has 2 atom stereocenters. The molecule has 0 saturated carbocycles. The third-order valence-electron chi connectivity index (χ3n) is 3.90. The minimum absolute atomic E-state index is 0.0428. The van der Waals surface area contributed by atoms with Crippen molar-refractivity contribution in [1.82, 2.24) is 5.32 Å². The van der Waals surface area contributed by atoms with Gasteiger partial charge in [0.1, 0.15) is 5.75 Å². The molecule has 0 saturated heterocycles. The van der Waals surface area contributed by atoms with Crippen LogP contribution in [0.25, 0.3) is 0 Å². The quantitative estimate of drug-likeness (QED) is 0.862. The maximum absolute atomic E-state index is 12.5. The van der Waals surface area contributed by atoms with Gasteiger partial charge in [-0.05, 0) is 44.9 Å². The highest BCUT2D eigenvalue weighted by molar-refractivity contribution is 5.81. The molecular formula is C20H25NO2. The van der Waals surface area contributed by atoms with E-state index in [1.807, 2.05) is 57.2 Å². The Morgan fingerprint density at radius 2 is 1.52 bits per heavy atom. The predicted octanol–water partition coefficient (Wildman–Crippen LogP) is 4.34. The molecular weight excluding hydrogens is 286 g/mol. The van der Waals surface area contributed by atoms with Crippen molar-refractivity contribution >= 4 is 5.91 Å². The van der Waals surface area contributed by atoms with E-state index in [1.54, 1.807) is 0 Å². The zero-order valence-electron chi connectivity index (χ0n) is 14.3. The largest absolute Gasteiger partial charge is 0.481 e. The fraction of sp³-hybridized carbons (Fsp3) is 0.350. The lowest BCUT2D eigenvalue weighted by Crippen LogP contribution is -2.39. The fourth-order valence-electron chi connectivity index (χ4n) is 2.35. The Morgan fingerprint density at radius 1 is 1.00 bits per heavy atom. The number of amides is 1. The van der Waals surface area contributed by atoms with E-state index < -0.39 is 6.10 Å². The molecule has 0 aromatic heterocycles. The van der Waals surface area contributed by atoms with Crippen LogP contribution in [0.4, 0.5) is 0 Å². The van der Waals surface area contributed by atoms with Gasteiger partial charge >= 0.3 is 0 Å². The first kappa shape index (κ1) is 17.1. The van der Waals surface area contributed by atoms with Gasteiger partial charge in [0.25, 0.3) is 5.91 Å². The fourth-order valence-corrected chi connectivity index (χ4v) is 2.35. The highest BCUT2D eigenvalue weighted by Crippen LogP contribution is 2.17. The lowest BCUT2D eigenvalue weighted by Gasteiger charge is -2.21. The zero-order chi connectivity index (χ0) is 16.8. The molecule has 2 aromatic carbocycles. The van der Waals surface area contributed by atoms with Gasteiger partial charge in [-0.1, -0.05) is 54.4 Å². The Labute approximate surface area is 138 Å². The first-order valence-electron chi connectivity index (χ1n) is 8.10. The van der Waals surface area contributed by atoms with Crippen molar-refractivity contribution in [2.75, 3.05) is 0 Å². The van der Waals surface area contributed by atoms with Gasteiger partial charge in [0.15, 0.2) is 6.10 Å². The summed E-state index contributed by atoms with van der Waals surface area (Å²) in [5.74, 6) is 0.640. The molecule has 0 aliphatic heterocycles. The van der Waals surface area contributed by atoms with E-state index in [0.717, 1.165) is 11.3 Å². The monoisotopic (exact) mass is 311 g/mol. The van der Waals surface area contributed by atoms with E-state index in [-0.39, 0.29) is 11.9 Å². The maximum Gasteiger partial charge on any atom is 0.261 e. The summed E-state index contributed by atoms with van der Waals surface area (Å²) in [4.78, 5) is 12.5. The molecule has 1 N–H and O–H groups in total. The number of carbonyl (C=O) groups excluding carboxylic acids is 1. The molecule has 0 spiro atoms. The molecule has 122 valence electrons. The molecule has 3 nitrogen and oxygen atoms in total. The Bertz CT molecular complexity index is 632. The molecule has 0 aliphatic carbocycles. The Hall–Kier alpha value is -2.29. The molecule has 0 radical (unpaired) electrons. The van der Waals surface area contributed by atoms with Crippen molar-refractivity contribution in [3.05, 3.63) is 65.2 Å². The first-order valence-corrected chi connectivity index (χ1v) is 8.10. The van der Waals surface area contributed by atoms with E-state index in [2.05, 4.69) is 24.4 Å². The van der Waals surface area contributed by atoms with Crippen LogP contribution in [0.15, 0.2) is 48.5 Å². The summed E-state index contributed by atoms with van der Waals surface area (Å²) < 4.78 is 5.82. The third kappa shape index (κ3) is 4.85. The molecule has 0 bridgehead atoms. The molecule has 0 heterocycles. The van der Waals surface area contributed by atoms with Gasteiger partial charge in [-0.3, -0.25) is 4.79 Å². The van der Waals surface area contributed by atoms with Crippen molar-refractivity contribution in [2.24, 2.45) is 0 Å². The Balaban J connectivity index is 1.99. The second-order valence-electron chi connectivity index (χ2n) is 5.97. The number of rotatable bonds is 6. The van der Waals surface area contributed by atoms with E-state index in [9.17, 15) is 4.79 Å². The van der Waals surface area contributed by atoms with Crippen LogP contribution in [-0.4, -0.2) is 12.0 Å². The van der Waals surface area contributed by atoms with Crippen molar-refractivity contribution < 1.29 is 9.53 Å². The van der Waals surface area contributed by atoms with Crippen LogP contribution < -0.4 is 10.1 Å². The number of hydrogen-bond donors (Lipinski definition) is 1. The lowest BCUT2D eigenvalue weighted by molar-refractivity contribution is -0.128. The van der Waals surface area contributed by atoms with Crippen LogP contribution in [0, 0.1) is 13.8 Å². The summed E-state index contributed by atoms with van der Waals surface area (Å²) >= 11 is 0. The maximum atomic E-state index is 12.5. The number of nitrogens with one attached hydrogen (secondary N) is 1. The predicted molar refractivity (Wildman–Crippen MR) is 93.6 cm³/mol. The van der Waals surface area contributed by atoms with Crippen molar-refractivity contribution in [3.8, 4) is 5.75 Å². The van der Waals surface area contributed by atoms with Crippen LogP contribution in [-0.2, 0) is 4.79 Å². The van der Waals surface area contributed by atoms with Crippen LogP contribution in [0.3, 0.4) is 0 Å². The van der Waals surface area contributed by atoms with E-state index in [4.69, 9.17) is 4.74 Å². The molecule has 2 rings (SSSR count). The lowest BCUT2D eigenvalue weighted by atomic mass is 10.1. The van der Waals surface area contributed by atoms with Crippen LogP contribution in [0.5, 0.6) is 5.75 Å². The van der Waals surface area contributed by atoms with Gasteiger partial charge in [0, 0.05) is 0 Å². The number of benzene rings is 2. The van der Waals surface area contributed by atoms with Gasteiger partial charge in [-0.2, -0.15) is 0 Å². The minimum atomic E-state index is -0.481. The molecule has 0 unspecified atom stereocenters. The van der Waals surface area contributed by atoms with E-state index >= 15 is 0 Å². The molecule has 0 aliphatic rings. The average Bonchev–Trinajstić information content (AvgIpc) is 2.54. The third-order valence-corrected chi connectivity index (χ3v) is 3.90. The number of hydrogen-bond acceptors (Lipinski definition) is 2. The Kier molecular flexibility index (Phi) is 5.80. The molecule has 23 heavy (non-hydrogen) atoms. The first-order chi connectivity index (χ1) is 11.0. The van der Waals surface area contributed by atoms with Gasteiger partial charge in [-0.15, -0.1) is 0 Å². The van der Waals surface area contributed by atoms with Crippen molar-refractivity contribution in [1.29, 1.82) is 0 Å². The normalized spacial score (nSPS) is 13.2. The summed E-state index contributed by atoms with van der Waals surface area (Å²) in [5.41, 5.74) is 3.47. The molecule has 3 heteroatoms.